The Labute approximate surface area is 189 Å². The Morgan fingerprint density at radius 1 is 1.10 bits per heavy atom. The SMILES string of the molecule is CCCOc1ccccc1C(=O)NC(=S)Nc1ccc(C(=O)N2CCC(C)CC2)cc1. The highest BCUT2D eigenvalue weighted by molar-refractivity contribution is 7.80. The molecule has 1 heterocycles. The summed E-state index contributed by atoms with van der Waals surface area (Å²) in [5, 5.41) is 5.85. The van der Waals surface area contributed by atoms with Crippen LogP contribution in [0.15, 0.2) is 48.5 Å². The fraction of sp³-hybridized carbons (Fsp3) is 0.375. The van der Waals surface area contributed by atoms with Crippen molar-refractivity contribution in [2.24, 2.45) is 5.92 Å². The molecule has 1 fully saturated rings. The van der Waals surface area contributed by atoms with Gasteiger partial charge in [-0.3, -0.25) is 14.9 Å². The van der Waals surface area contributed by atoms with Crippen molar-refractivity contribution in [1.29, 1.82) is 0 Å². The minimum atomic E-state index is -0.338. The number of hydrogen-bond acceptors (Lipinski definition) is 4. The van der Waals surface area contributed by atoms with E-state index in [2.05, 4.69) is 17.6 Å². The van der Waals surface area contributed by atoms with Crippen LogP contribution in [0.25, 0.3) is 0 Å². The van der Waals surface area contributed by atoms with Crippen LogP contribution < -0.4 is 15.4 Å². The molecule has 2 aromatic carbocycles. The lowest BCUT2D eigenvalue weighted by atomic mass is 9.98. The van der Waals surface area contributed by atoms with E-state index >= 15 is 0 Å². The number of anilines is 1. The normalized spacial score (nSPS) is 14.1. The molecule has 0 spiro atoms. The number of thiocarbonyl (C=S) groups is 1. The highest BCUT2D eigenvalue weighted by Gasteiger charge is 2.21. The number of rotatable bonds is 6. The Morgan fingerprint density at radius 2 is 1.77 bits per heavy atom. The van der Waals surface area contributed by atoms with Crippen molar-refractivity contribution >= 4 is 34.8 Å². The van der Waals surface area contributed by atoms with Crippen LogP contribution in [0.3, 0.4) is 0 Å². The summed E-state index contributed by atoms with van der Waals surface area (Å²) in [5.74, 6) is 0.921. The van der Waals surface area contributed by atoms with Gasteiger partial charge < -0.3 is 15.0 Å². The van der Waals surface area contributed by atoms with Gasteiger partial charge in [0.25, 0.3) is 11.8 Å². The Morgan fingerprint density at radius 3 is 2.45 bits per heavy atom. The molecule has 2 N–H and O–H groups in total. The molecule has 6 nitrogen and oxygen atoms in total. The standard InChI is InChI=1S/C24H29N3O3S/c1-3-16-30-21-7-5-4-6-20(21)22(28)26-24(31)25-19-10-8-18(9-11-19)23(29)27-14-12-17(2)13-15-27/h4-11,17H,3,12-16H2,1-2H3,(H2,25,26,28,31). The minimum absolute atomic E-state index is 0.0537. The number of likely N-dealkylation sites (tertiary alicyclic amines) is 1. The van der Waals surface area contributed by atoms with E-state index in [-0.39, 0.29) is 16.9 Å². The molecule has 2 amide bonds. The molecule has 1 aliphatic heterocycles. The summed E-state index contributed by atoms with van der Waals surface area (Å²) in [4.78, 5) is 27.2. The summed E-state index contributed by atoms with van der Waals surface area (Å²) in [6, 6.07) is 14.2. The molecule has 31 heavy (non-hydrogen) atoms. The summed E-state index contributed by atoms with van der Waals surface area (Å²) in [7, 11) is 0. The number of amides is 2. The predicted molar refractivity (Wildman–Crippen MR) is 127 cm³/mol. The number of nitrogens with one attached hydrogen (secondary N) is 2. The first-order chi connectivity index (χ1) is 15.0. The molecular formula is C24H29N3O3S. The topological polar surface area (TPSA) is 70.7 Å². The molecule has 1 saturated heterocycles. The van der Waals surface area contributed by atoms with Crippen LogP contribution in [-0.4, -0.2) is 41.5 Å². The lowest BCUT2D eigenvalue weighted by molar-refractivity contribution is 0.0697. The third-order valence-electron chi connectivity index (χ3n) is 5.28. The van der Waals surface area contributed by atoms with Gasteiger partial charge in [-0.1, -0.05) is 26.0 Å². The molecule has 0 aromatic heterocycles. The van der Waals surface area contributed by atoms with E-state index in [1.165, 1.54) is 0 Å². The smallest absolute Gasteiger partial charge is 0.261 e. The molecule has 0 radical (unpaired) electrons. The van der Waals surface area contributed by atoms with Gasteiger partial charge >= 0.3 is 0 Å². The largest absolute Gasteiger partial charge is 0.493 e. The zero-order valence-electron chi connectivity index (χ0n) is 18.0. The fourth-order valence-corrected chi connectivity index (χ4v) is 3.63. The number of hydrogen-bond donors (Lipinski definition) is 2. The van der Waals surface area contributed by atoms with Crippen LogP contribution >= 0.6 is 12.2 Å². The lowest BCUT2D eigenvalue weighted by Crippen LogP contribution is -2.37. The molecule has 164 valence electrons. The zero-order chi connectivity index (χ0) is 22.2. The first-order valence-electron chi connectivity index (χ1n) is 10.7. The second kappa shape index (κ2) is 10.9. The van der Waals surface area contributed by atoms with Crippen LogP contribution in [-0.2, 0) is 0 Å². The van der Waals surface area contributed by atoms with Gasteiger partial charge in [0.15, 0.2) is 5.11 Å². The van der Waals surface area contributed by atoms with Crippen LogP contribution in [0.1, 0.15) is 53.8 Å². The van der Waals surface area contributed by atoms with Gasteiger partial charge in [-0.15, -0.1) is 0 Å². The van der Waals surface area contributed by atoms with Gasteiger partial charge in [-0.25, -0.2) is 0 Å². The predicted octanol–water partition coefficient (Wildman–Crippen LogP) is 4.47. The van der Waals surface area contributed by atoms with E-state index in [1.54, 1.807) is 42.5 Å². The van der Waals surface area contributed by atoms with Gasteiger partial charge in [-0.05, 0) is 73.8 Å². The summed E-state index contributed by atoms with van der Waals surface area (Å²) in [6.07, 6.45) is 2.95. The van der Waals surface area contributed by atoms with Gasteiger partial charge in [0, 0.05) is 24.3 Å². The number of carbonyl (C=O) groups excluding carboxylic acids is 2. The Bertz CT molecular complexity index is 922. The number of benzene rings is 2. The van der Waals surface area contributed by atoms with E-state index in [4.69, 9.17) is 17.0 Å². The maximum Gasteiger partial charge on any atom is 0.261 e. The van der Waals surface area contributed by atoms with Crippen LogP contribution in [0, 0.1) is 5.92 Å². The van der Waals surface area contributed by atoms with Gasteiger partial charge in [0.1, 0.15) is 5.75 Å². The highest BCUT2D eigenvalue weighted by Crippen LogP contribution is 2.20. The van der Waals surface area contributed by atoms with Crippen molar-refractivity contribution in [2.45, 2.75) is 33.1 Å². The monoisotopic (exact) mass is 439 g/mol. The minimum Gasteiger partial charge on any atom is -0.493 e. The molecule has 0 unspecified atom stereocenters. The lowest BCUT2D eigenvalue weighted by Gasteiger charge is -2.30. The van der Waals surface area contributed by atoms with E-state index in [1.807, 2.05) is 17.9 Å². The van der Waals surface area contributed by atoms with E-state index in [9.17, 15) is 9.59 Å². The van der Waals surface area contributed by atoms with Crippen molar-refractivity contribution in [3.63, 3.8) is 0 Å². The third kappa shape index (κ3) is 6.28. The van der Waals surface area contributed by atoms with Crippen LogP contribution in [0.2, 0.25) is 0 Å². The summed E-state index contributed by atoms with van der Waals surface area (Å²) in [6.45, 7) is 6.38. The van der Waals surface area contributed by atoms with Crippen molar-refractivity contribution in [1.82, 2.24) is 10.2 Å². The molecule has 2 aromatic rings. The summed E-state index contributed by atoms with van der Waals surface area (Å²) >= 11 is 5.28. The van der Waals surface area contributed by atoms with Crippen molar-refractivity contribution in [3.05, 3.63) is 59.7 Å². The Hall–Kier alpha value is -2.93. The second-order valence-electron chi connectivity index (χ2n) is 7.80. The number of piperidine rings is 1. The van der Waals surface area contributed by atoms with Gasteiger partial charge in [0.05, 0.1) is 12.2 Å². The summed E-state index contributed by atoms with van der Waals surface area (Å²) in [5.41, 5.74) is 1.78. The molecule has 7 heteroatoms. The van der Waals surface area contributed by atoms with Crippen molar-refractivity contribution in [2.75, 3.05) is 25.0 Å². The summed E-state index contributed by atoms with van der Waals surface area (Å²) < 4.78 is 5.64. The molecule has 0 saturated carbocycles. The number of nitrogens with zero attached hydrogens (tertiary/aromatic N) is 1. The quantitative estimate of drug-likeness (QED) is 0.650. The first-order valence-corrected chi connectivity index (χ1v) is 11.1. The molecular weight excluding hydrogens is 410 g/mol. The molecule has 0 bridgehead atoms. The Kier molecular flexibility index (Phi) is 8.00. The maximum absolute atomic E-state index is 12.7. The number of carbonyl (C=O) groups is 2. The van der Waals surface area contributed by atoms with E-state index in [0.29, 0.717) is 35.1 Å². The number of ether oxygens (including phenoxy) is 1. The van der Waals surface area contributed by atoms with Crippen LogP contribution in [0.4, 0.5) is 5.69 Å². The van der Waals surface area contributed by atoms with Gasteiger partial charge in [0.2, 0.25) is 0 Å². The number of para-hydroxylation sites is 1. The average molecular weight is 440 g/mol. The maximum atomic E-state index is 12.7. The molecule has 0 atom stereocenters. The third-order valence-corrected chi connectivity index (χ3v) is 5.49. The highest BCUT2D eigenvalue weighted by atomic mass is 32.1. The fourth-order valence-electron chi connectivity index (χ4n) is 3.42. The van der Waals surface area contributed by atoms with E-state index in [0.717, 1.165) is 32.4 Å². The molecule has 0 aliphatic carbocycles. The Balaban J connectivity index is 1.56. The second-order valence-corrected chi connectivity index (χ2v) is 8.21. The first kappa shape index (κ1) is 22.7. The zero-order valence-corrected chi connectivity index (χ0v) is 18.8. The molecule has 3 rings (SSSR count). The van der Waals surface area contributed by atoms with E-state index < -0.39 is 0 Å². The van der Waals surface area contributed by atoms with Crippen LogP contribution in [0.5, 0.6) is 5.75 Å². The van der Waals surface area contributed by atoms with Crippen molar-refractivity contribution in [3.8, 4) is 5.75 Å². The van der Waals surface area contributed by atoms with Gasteiger partial charge in [-0.2, -0.15) is 0 Å². The average Bonchev–Trinajstić information content (AvgIpc) is 2.78. The van der Waals surface area contributed by atoms with Crippen molar-refractivity contribution < 1.29 is 14.3 Å². The molecule has 1 aliphatic rings.